The van der Waals surface area contributed by atoms with E-state index in [1.807, 2.05) is 37.3 Å². The summed E-state index contributed by atoms with van der Waals surface area (Å²) in [6.07, 6.45) is 3.75. The lowest BCUT2D eigenvalue weighted by molar-refractivity contribution is 0.268. The summed E-state index contributed by atoms with van der Waals surface area (Å²) in [5.41, 5.74) is 5.33. The summed E-state index contributed by atoms with van der Waals surface area (Å²) in [6.45, 7) is 7.74. The van der Waals surface area contributed by atoms with Gasteiger partial charge in [-0.25, -0.2) is 0 Å². The number of nitrogens with zero attached hydrogens (tertiary/aromatic N) is 1. The van der Waals surface area contributed by atoms with E-state index in [0.29, 0.717) is 36.3 Å². The minimum absolute atomic E-state index is 0.461. The van der Waals surface area contributed by atoms with Gasteiger partial charge in [-0.3, -0.25) is 0 Å². The van der Waals surface area contributed by atoms with Gasteiger partial charge < -0.3 is 19.7 Å². The first-order valence-electron chi connectivity index (χ1n) is 12.0. The first-order chi connectivity index (χ1) is 16.5. The normalized spacial score (nSPS) is 13.6. The van der Waals surface area contributed by atoms with Gasteiger partial charge in [0.2, 0.25) is 0 Å². The Hall–Kier alpha value is -2.56. The first kappa shape index (κ1) is 24.6. The quantitative estimate of drug-likeness (QED) is 0.325. The van der Waals surface area contributed by atoms with Crippen LogP contribution in [0.3, 0.4) is 0 Å². The van der Waals surface area contributed by atoms with Gasteiger partial charge in [0.1, 0.15) is 6.61 Å². The molecule has 0 bridgehead atoms. The zero-order chi connectivity index (χ0) is 23.9. The maximum Gasteiger partial charge on any atom is 0.163 e. The molecule has 1 heterocycles. The number of piperidine rings is 1. The summed E-state index contributed by atoms with van der Waals surface area (Å²) >= 11 is 13.2. The van der Waals surface area contributed by atoms with Gasteiger partial charge in [-0.1, -0.05) is 47.5 Å². The van der Waals surface area contributed by atoms with Crippen molar-refractivity contribution in [1.29, 1.82) is 0 Å². The molecule has 6 heteroatoms. The maximum atomic E-state index is 6.63. The second kappa shape index (κ2) is 11.7. The van der Waals surface area contributed by atoms with Crippen molar-refractivity contribution in [3.8, 4) is 11.5 Å². The molecule has 0 aromatic heterocycles. The Bertz CT molecular complexity index is 1110. The molecule has 1 aliphatic heterocycles. The van der Waals surface area contributed by atoms with E-state index in [4.69, 9.17) is 32.7 Å². The average Bonchev–Trinajstić information content (AvgIpc) is 2.84. The molecule has 0 spiro atoms. The molecule has 180 valence electrons. The van der Waals surface area contributed by atoms with Gasteiger partial charge in [0.15, 0.2) is 11.5 Å². The third-order valence-electron chi connectivity index (χ3n) is 6.18. The SMILES string of the molecule is CCOc1cc(CNc2ccc(N3CCCCC3)c(Cl)c2)c(Cl)cc1OCc1ccccc1C. The number of halogens is 2. The molecule has 1 aliphatic rings. The Kier molecular flexibility index (Phi) is 8.47. The maximum absolute atomic E-state index is 6.63. The van der Waals surface area contributed by atoms with Gasteiger partial charge in [0.05, 0.1) is 17.3 Å². The fourth-order valence-electron chi connectivity index (χ4n) is 4.23. The monoisotopic (exact) mass is 498 g/mol. The van der Waals surface area contributed by atoms with Crippen molar-refractivity contribution in [2.45, 2.75) is 46.3 Å². The average molecular weight is 499 g/mol. The largest absolute Gasteiger partial charge is 0.490 e. The highest BCUT2D eigenvalue weighted by molar-refractivity contribution is 6.33. The number of hydrogen-bond donors (Lipinski definition) is 1. The predicted octanol–water partition coefficient (Wildman–Crippen LogP) is 7.88. The standard InChI is InChI=1S/C28H32Cl2N2O2/c1-3-33-27-15-22(24(29)17-28(27)34-19-21-10-6-5-9-20(21)2)18-31-23-11-12-26(25(30)16-23)32-13-7-4-8-14-32/h5-6,9-12,15-17,31H,3-4,7-8,13-14,18-19H2,1-2H3. The number of rotatable bonds is 9. The summed E-state index contributed by atoms with van der Waals surface area (Å²) < 4.78 is 12.0. The lowest BCUT2D eigenvalue weighted by atomic mass is 10.1. The summed E-state index contributed by atoms with van der Waals surface area (Å²) in [5, 5.41) is 4.85. The van der Waals surface area contributed by atoms with Crippen molar-refractivity contribution in [3.63, 3.8) is 0 Å². The molecule has 1 saturated heterocycles. The van der Waals surface area contributed by atoms with Crippen LogP contribution in [0.1, 0.15) is 42.9 Å². The molecule has 0 atom stereocenters. The van der Waals surface area contributed by atoms with Crippen LogP contribution in [0.2, 0.25) is 10.0 Å². The fraction of sp³-hybridized carbons (Fsp3) is 0.357. The Morgan fingerprint density at radius 3 is 2.35 bits per heavy atom. The van der Waals surface area contributed by atoms with Crippen LogP contribution in [0.15, 0.2) is 54.6 Å². The smallest absolute Gasteiger partial charge is 0.163 e. The van der Waals surface area contributed by atoms with Crippen molar-refractivity contribution in [3.05, 3.63) is 81.3 Å². The van der Waals surface area contributed by atoms with Crippen molar-refractivity contribution >= 4 is 34.6 Å². The van der Waals surface area contributed by atoms with Gasteiger partial charge in [0.25, 0.3) is 0 Å². The van der Waals surface area contributed by atoms with E-state index in [1.165, 1.54) is 24.8 Å². The molecule has 0 aliphatic carbocycles. The Labute approximate surface area is 212 Å². The van der Waals surface area contributed by atoms with Gasteiger partial charge >= 0.3 is 0 Å². The van der Waals surface area contributed by atoms with Crippen LogP contribution >= 0.6 is 23.2 Å². The predicted molar refractivity (Wildman–Crippen MR) is 143 cm³/mol. The second-order valence-electron chi connectivity index (χ2n) is 8.61. The number of anilines is 2. The van der Waals surface area contributed by atoms with Crippen LogP contribution in [0.25, 0.3) is 0 Å². The number of hydrogen-bond acceptors (Lipinski definition) is 4. The molecule has 3 aromatic rings. The number of aryl methyl sites for hydroxylation is 1. The van der Waals surface area contributed by atoms with Crippen molar-refractivity contribution in [1.82, 2.24) is 0 Å². The zero-order valence-corrected chi connectivity index (χ0v) is 21.4. The van der Waals surface area contributed by atoms with E-state index in [-0.39, 0.29) is 0 Å². The van der Waals surface area contributed by atoms with Crippen LogP contribution in [0.5, 0.6) is 11.5 Å². The molecule has 34 heavy (non-hydrogen) atoms. The van der Waals surface area contributed by atoms with Gasteiger partial charge in [-0.15, -0.1) is 0 Å². The highest BCUT2D eigenvalue weighted by atomic mass is 35.5. The van der Waals surface area contributed by atoms with E-state index in [2.05, 4.69) is 41.4 Å². The first-order valence-corrected chi connectivity index (χ1v) is 12.7. The fourth-order valence-corrected chi connectivity index (χ4v) is 4.75. The number of nitrogens with one attached hydrogen (secondary N) is 1. The van der Waals surface area contributed by atoms with Gasteiger partial charge in [0, 0.05) is 36.4 Å². The highest BCUT2D eigenvalue weighted by Gasteiger charge is 2.15. The lowest BCUT2D eigenvalue weighted by Gasteiger charge is -2.29. The molecular weight excluding hydrogens is 467 g/mol. The molecular formula is C28H32Cl2N2O2. The topological polar surface area (TPSA) is 33.7 Å². The molecule has 0 amide bonds. The van der Waals surface area contributed by atoms with E-state index < -0.39 is 0 Å². The van der Waals surface area contributed by atoms with Crippen LogP contribution in [-0.4, -0.2) is 19.7 Å². The summed E-state index contributed by atoms with van der Waals surface area (Å²) in [7, 11) is 0. The van der Waals surface area contributed by atoms with Gasteiger partial charge in [-0.05, 0) is 74.1 Å². The second-order valence-corrected chi connectivity index (χ2v) is 9.42. The molecule has 0 radical (unpaired) electrons. The van der Waals surface area contributed by atoms with E-state index >= 15 is 0 Å². The van der Waals surface area contributed by atoms with Crippen molar-refractivity contribution < 1.29 is 9.47 Å². The van der Waals surface area contributed by atoms with E-state index in [9.17, 15) is 0 Å². The van der Waals surface area contributed by atoms with Crippen LogP contribution in [0, 0.1) is 6.92 Å². The van der Waals surface area contributed by atoms with Crippen LogP contribution in [0.4, 0.5) is 11.4 Å². The Morgan fingerprint density at radius 1 is 0.853 bits per heavy atom. The zero-order valence-electron chi connectivity index (χ0n) is 19.9. The summed E-state index contributed by atoms with van der Waals surface area (Å²) in [4.78, 5) is 2.37. The summed E-state index contributed by atoms with van der Waals surface area (Å²) in [5.74, 6) is 1.34. The number of ether oxygens (including phenoxy) is 2. The van der Waals surface area contributed by atoms with Gasteiger partial charge in [-0.2, -0.15) is 0 Å². The highest BCUT2D eigenvalue weighted by Crippen LogP contribution is 2.35. The van der Waals surface area contributed by atoms with E-state index in [0.717, 1.165) is 40.6 Å². The number of benzene rings is 3. The molecule has 4 rings (SSSR count). The lowest BCUT2D eigenvalue weighted by Crippen LogP contribution is -2.29. The Balaban J connectivity index is 1.45. The molecule has 0 saturated carbocycles. The summed E-state index contributed by atoms with van der Waals surface area (Å²) in [6, 6.07) is 18.2. The molecule has 0 unspecified atom stereocenters. The van der Waals surface area contributed by atoms with Crippen LogP contribution in [-0.2, 0) is 13.2 Å². The van der Waals surface area contributed by atoms with Crippen molar-refractivity contribution in [2.24, 2.45) is 0 Å². The molecule has 1 fully saturated rings. The minimum atomic E-state index is 0.461. The van der Waals surface area contributed by atoms with Crippen LogP contribution < -0.4 is 19.7 Å². The van der Waals surface area contributed by atoms with E-state index in [1.54, 1.807) is 0 Å². The third-order valence-corrected chi connectivity index (χ3v) is 6.84. The molecule has 3 aromatic carbocycles. The third kappa shape index (κ3) is 6.11. The van der Waals surface area contributed by atoms with Crippen molar-refractivity contribution in [2.75, 3.05) is 29.9 Å². The molecule has 4 nitrogen and oxygen atoms in total. The Morgan fingerprint density at radius 2 is 1.62 bits per heavy atom. The minimum Gasteiger partial charge on any atom is -0.490 e. The molecule has 1 N–H and O–H groups in total.